The molecule has 0 aliphatic carbocycles. The molecule has 1 saturated heterocycles. The fourth-order valence-electron chi connectivity index (χ4n) is 3.12. The lowest BCUT2D eigenvalue weighted by atomic mass is 10.1. The number of likely N-dealkylation sites (tertiary alicyclic amines) is 1. The molecule has 0 aromatic rings. The number of hydrogen-bond acceptors (Lipinski definition) is 3. The highest BCUT2D eigenvalue weighted by Crippen LogP contribution is 2.21. The van der Waals surface area contributed by atoms with E-state index in [9.17, 15) is 13.2 Å². The Kier molecular flexibility index (Phi) is 9.16. The van der Waals surface area contributed by atoms with Gasteiger partial charge in [-0.2, -0.15) is 13.2 Å². The summed E-state index contributed by atoms with van der Waals surface area (Å²) in [5.41, 5.74) is 0.0642. The maximum absolute atomic E-state index is 12.6. The second kappa shape index (κ2) is 10.3. The first-order valence-corrected chi connectivity index (χ1v) is 9.61. The van der Waals surface area contributed by atoms with E-state index in [1.165, 1.54) is 4.90 Å². The highest BCUT2D eigenvalue weighted by Gasteiger charge is 2.32. The molecule has 0 spiro atoms. The smallest absolute Gasteiger partial charge is 0.357 e. The van der Waals surface area contributed by atoms with Crippen molar-refractivity contribution in [2.75, 3.05) is 52.4 Å². The number of alkyl halides is 3. The average molecular weight is 380 g/mol. The summed E-state index contributed by atoms with van der Waals surface area (Å²) in [7, 11) is 0. The summed E-state index contributed by atoms with van der Waals surface area (Å²) in [6.45, 7) is 14.1. The molecular weight excluding hydrogens is 343 g/mol. The molecule has 26 heavy (non-hydrogen) atoms. The number of nitrogens with one attached hydrogen (secondary N) is 2. The Labute approximate surface area is 156 Å². The second-order valence-electron chi connectivity index (χ2n) is 7.96. The number of guanidine groups is 1. The van der Waals surface area contributed by atoms with E-state index < -0.39 is 12.7 Å². The quantitative estimate of drug-likeness (QED) is 0.386. The van der Waals surface area contributed by atoms with Crippen molar-refractivity contribution in [3.05, 3.63) is 0 Å². The maximum atomic E-state index is 12.6. The molecule has 0 aromatic heterocycles. The van der Waals surface area contributed by atoms with E-state index in [1.54, 1.807) is 6.92 Å². The van der Waals surface area contributed by atoms with E-state index in [0.717, 1.165) is 38.6 Å². The first-order valence-electron chi connectivity index (χ1n) is 9.61. The fraction of sp³-hybridized carbons (Fsp3) is 0.944. The molecule has 0 radical (unpaired) electrons. The zero-order chi connectivity index (χ0) is 19.8. The molecule has 1 aliphatic heterocycles. The zero-order valence-corrected chi connectivity index (χ0v) is 16.9. The Bertz CT molecular complexity index is 432. The van der Waals surface area contributed by atoms with Gasteiger partial charge in [0.15, 0.2) is 5.96 Å². The van der Waals surface area contributed by atoms with Crippen molar-refractivity contribution in [3.8, 4) is 0 Å². The normalized spacial score (nSPS) is 19.5. The Hall–Kier alpha value is -1.02. The van der Waals surface area contributed by atoms with Crippen LogP contribution < -0.4 is 10.6 Å². The van der Waals surface area contributed by atoms with Crippen molar-refractivity contribution in [3.63, 3.8) is 0 Å². The lowest BCUT2D eigenvalue weighted by Gasteiger charge is -2.26. The van der Waals surface area contributed by atoms with Gasteiger partial charge in [0.05, 0.1) is 13.1 Å². The molecule has 0 saturated carbocycles. The van der Waals surface area contributed by atoms with Gasteiger partial charge in [0, 0.05) is 38.3 Å². The van der Waals surface area contributed by atoms with Gasteiger partial charge in [-0.3, -0.25) is 9.89 Å². The second-order valence-corrected chi connectivity index (χ2v) is 7.96. The minimum Gasteiger partial charge on any atom is -0.357 e. The van der Waals surface area contributed by atoms with Gasteiger partial charge in [0.1, 0.15) is 0 Å². The molecule has 2 N–H and O–H groups in total. The van der Waals surface area contributed by atoms with E-state index >= 15 is 0 Å². The van der Waals surface area contributed by atoms with Crippen LogP contribution >= 0.6 is 0 Å². The molecule has 0 aromatic carbocycles. The van der Waals surface area contributed by atoms with Crippen LogP contribution in [0.5, 0.6) is 0 Å². The van der Waals surface area contributed by atoms with E-state index in [-0.39, 0.29) is 11.5 Å². The Morgan fingerprint density at radius 1 is 1.23 bits per heavy atom. The van der Waals surface area contributed by atoms with Gasteiger partial charge in [-0.15, -0.1) is 0 Å². The summed E-state index contributed by atoms with van der Waals surface area (Å²) in [6, 6.07) is 0. The van der Waals surface area contributed by atoms with E-state index in [2.05, 4.69) is 41.3 Å². The summed E-state index contributed by atoms with van der Waals surface area (Å²) in [5, 5.41) is 6.71. The molecule has 1 atom stereocenters. The number of rotatable bonds is 8. The van der Waals surface area contributed by atoms with Gasteiger partial charge in [0.25, 0.3) is 0 Å². The monoisotopic (exact) mass is 379 g/mol. The number of hydrogen-bond donors (Lipinski definition) is 2. The van der Waals surface area contributed by atoms with E-state index in [1.807, 2.05) is 6.92 Å². The molecule has 0 bridgehead atoms. The van der Waals surface area contributed by atoms with Gasteiger partial charge in [-0.1, -0.05) is 6.92 Å². The predicted octanol–water partition coefficient (Wildman–Crippen LogP) is 2.55. The van der Waals surface area contributed by atoms with Crippen LogP contribution in [0.25, 0.3) is 0 Å². The van der Waals surface area contributed by atoms with E-state index in [4.69, 9.17) is 0 Å². The first kappa shape index (κ1) is 23.0. The molecule has 8 heteroatoms. The van der Waals surface area contributed by atoms with Gasteiger partial charge < -0.3 is 15.5 Å². The molecule has 1 rings (SSSR count). The van der Waals surface area contributed by atoms with Crippen LogP contribution in [-0.2, 0) is 0 Å². The Balaban J connectivity index is 2.53. The van der Waals surface area contributed by atoms with Crippen molar-refractivity contribution in [2.45, 2.75) is 52.8 Å². The highest BCUT2D eigenvalue weighted by atomic mass is 19.4. The number of aliphatic imine (C=N–C) groups is 1. The molecule has 154 valence electrons. The third-order valence-corrected chi connectivity index (χ3v) is 4.32. The van der Waals surface area contributed by atoms with Crippen molar-refractivity contribution < 1.29 is 13.2 Å². The minimum absolute atomic E-state index is 0.0642. The van der Waals surface area contributed by atoms with Crippen LogP contribution in [0.15, 0.2) is 4.99 Å². The fourth-order valence-corrected chi connectivity index (χ4v) is 3.12. The summed E-state index contributed by atoms with van der Waals surface area (Å²) < 4.78 is 37.9. The standard InChI is InChI=1S/C18H36F3N5/c1-6-22-16(23-9-10-24-17(3,4)5)26-11-8-15(13-26)12-25(7-2)14-18(19,20)21/h15,24H,6-14H2,1-5H3,(H,22,23). The number of nitrogens with zero attached hydrogens (tertiary/aromatic N) is 3. The molecular formula is C18H36F3N5. The average Bonchev–Trinajstić information content (AvgIpc) is 2.95. The van der Waals surface area contributed by atoms with Crippen molar-refractivity contribution in [1.29, 1.82) is 0 Å². The summed E-state index contributed by atoms with van der Waals surface area (Å²) >= 11 is 0. The lowest BCUT2D eigenvalue weighted by Crippen LogP contribution is -2.42. The molecule has 1 aliphatic rings. The van der Waals surface area contributed by atoms with Crippen LogP contribution in [0.2, 0.25) is 0 Å². The van der Waals surface area contributed by atoms with Crippen molar-refractivity contribution in [2.24, 2.45) is 10.9 Å². The molecule has 1 unspecified atom stereocenters. The molecule has 1 heterocycles. The highest BCUT2D eigenvalue weighted by molar-refractivity contribution is 5.80. The van der Waals surface area contributed by atoms with Gasteiger partial charge in [-0.25, -0.2) is 0 Å². The predicted molar refractivity (Wildman–Crippen MR) is 102 cm³/mol. The summed E-state index contributed by atoms with van der Waals surface area (Å²) in [5.74, 6) is 1.11. The third kappa shape index (κ3) is 9.62. The van der Waals surface area contributed by atoms with Crippen LogP contribution in [0.3, 0.4) is 0 Å². The Morgan fingerprint density at radius 3 is 2.46 bits per heavy atom. The third-order valence-electron chi connectivity index (χ3n) is 4.32. The first-order chi connectivity index (χ1) is 12.0. The topological polar surface area (TPSA) is 42.9 Å². The van der Waals surface area contributed by atoms with Crippen molar-refractivity contribution in [1.82, 2.24) is 20.4 Å². The van der Waals surface area contributed by atoms with Gasteiger partial charge in [-0.05, 0) is 46.6 Å². The van der Waals surface area contributed by atoms with Gasteiger partial charge in [0.2, 0.25) is 0 Å². The zero-order valence-electron chi connectivity index (χ0n) is 16.9. The van der Waals surface area contributed by atoms with Gasteiger partial charge >= 0.3 is 6.18 Å². The number of halogens is 3. The van der Waals surface area contributed by atoms with Crippen LogP contribution in [0.1, 0.15) is 41.0 Å². The van der Waals surface area contributed by atoms with E-state index in [0.29, 0.717) is 19.6 Å². The van der Waals surface area contributed by atoms with Crippen LogP contribution in [0.4, 0.5) is 13.2 Å². The SMILES string of the molecule is CCNC(=NCCNC(C)(C)C)N1CCC(CN(CC)CC(F)(F)F)C1. The van der Waals surface area contributed by atoms with Crippen molar-refractivity contribution >= 4 is 5.96 Å². The minimum atomic E-state index is -4.13. The van der Waals surface area contributed by atoms with Crippen LogP contribution in [-0.4, -0.2) is 79.8 Å². The Morgan fingerprint density at radius 2 is 1.92 bits per heavy atom. The summed E-state index contributed by atoms with van der Waals surface area (Å²) in [6.07, 6.45) is -3.23. The lowest BCUT2D eigenvalue weighted by molar-refractivity contribution is -0.146. The molecule has 0 amide bonds. The summed E-state index contributed by atoms with van der Waals surface area (Å²) in [4.78, 5) is 8.33. The maximum Gasteiger partial charge on any atom is 0.401 e. The largest absolute Gasteiger partial charge is 0.401 e. The van der Waals surface area contributed by atoms with Crippen LogP contribution in [0, 0.1) is 5.92 Å². The molecule has 1 fully saturated rings. The molecule has 5 nitrogen and oxygen atoms in total.